The van der Waals surface area contributed by atoms with Gasteiger partial charge in [0.15, 0.2) is 11.9 Å². The van der Waals surface area contributed by atoms with E-state index in [1.165, 1.54) is 25.3 Å². The van der Waals surface area contributed by atoms with Crippen molar-refractivity contribution in [1.29, 1.82) is 0 Å². The Morgan fingerprint density at radius 3 is 2.27 bits per heavy atom. The Labute approximate surface area is 174 Å². The van der Waals surface area contributed by atoms with Crippen molar-refractivity contribution >= 4 is 29.2 Å². The van der Waals surface area contributed by atoms with E-state index in [1.54, 1.807) is 24.3 Å². The number of esters is 1. The summed E-state index contributed by atoms with van der Waals surface area (Å²) in [5, 5.41) is 5.42. The quantitative estimate of drug-likeness (QED) is 0.594. The van der Waals surface area contributed by atoms with Gasteiger partial charge in [0.25, 0.3) is 11.8 Å². The molecule has 0 aliphatic rings. The van der Waals surface area contributed by atoms with E-state index in [0.717, 1.165) is 11.1 Å². The molecule has 2 N–H and O–H groups in total. The van der Waals surface area contributed by atoms with Gasteiger partial charge in [-0.25, -0.2) is 4.79 Å². The molecule has 0 saturated heterocycles. The number of rotatable bonds is 6. The van der Waals surface area contributed by atoms with Gasteiger partial charge in [-0.2, -0.15) is 0 Å². The molecule has 0 unspecified atom stereocenters. The van der Waals surface area contributed by atoms with Crippen LogP contribution in [-0.2, 0) is 9.53 Å². The summed E-state index contributed by atoms with van der Waals surface area (Å²) in [7, 11) is 0. The molecule has 1 heterocycles. The van der Waals surface area contributed by atoms with Crippen molar-refractivity contribution in [2.45, 2.75) is 26.9 Å². The first-order valence-corrected chi connectivity index (χ1v) is 9.38. The molecule has 7 heteroatoms. The van der Waals surface area contributed by atoms with Gasteiger partial charge in [0, 0.05) is 5.69 Å². The summed E-state index contributed by atoms with van der Waals surface area (Å²) in [5.74, 6) is -1.56. The molecule has 0 spiro atoms. The van der Waals surface area contributed by atoms with E-state index < -0.39 is 23.9 Å². The highest BCUT2D eigenvalue weighted by Crippen LogP contribution is 2.21. The topological polar surface area (TPSA) is 97.6 Å². The van der Waals surface area contributed by atoms with Crippen LogP contribution in [0.2, 0.25) is 0 Å². The van der Waals surface area contributed by atoms with Crippen LogP contribution in [0.25, 0.3) is 0 Å². The number of hydrogen-bond donors (Lipinski definition) is 2. The van der Waals surface area contributed by atoms with Gasteiger partial charge in [-0.1, -0.05) is 30.3 Å². The fourth-order valence-electron chi connectivity index (χ4n) is 2.88. The maximum Gasteiger partial charge on any atom is 0.341 e. The summed E-state index contributed by atoms with van der Waals surface area (Å²) in [4.78, 5) is 37.4. The highest BCUT2D eigenvalue weighted by Gasteiger charge is 2.22. The predicted molar refractivity (Wildman–Crippen MR) is 113 cm³/mol. The Balaban J connectivity index is 1.69. The Morgan fingerprint density at radius 2 is 1.60 bits per heavy atom. The van der Waals surface area contributed by atoms with Crippen LogP contribution in [-0.4, -0.2) is 23.9 Å². The van der Waals surface area contributed by atoms with Gasteiger partial charge in [0.05, 0.1) is 17.5 Å². The molecule has 7 nitrogen and oxygen atoms in total. The monoisotopic (exact) mass is 406 g/mol. The van der Waals surface area contributed by atoms with Crippen LogP contribution >= 0.6 is 0 Å². The van der Waals surface area contributed by atoms with E-state index in [1.807, 2.05) is 32.0 Å². The highest BCUT2D eigenvalue weighted by atomic mass is 16.5. The third-order valence-corrected chi connectivity index (χ3v) is 4.52. The molecule has 0 saturated carbocycles. The maximum absolute atomic E-state index is 12.7. The normalized spacial score (nSPS) is 11.4. The number of carbonyl (C=O) groups is 3. The molecule has 0 fully saturated rings. The molecule has 1 atom stereocenters. The van der Waals surface area contributed by atoms with Gasteiger partial charge in [-0.15, -0.1) is 0 Å². The first-order chi connectivity index (χ1) is 14.4. The van der Waals surface area contributed by atoms with Crippen molar-refractivity contribution in [1.82, 2.24) is 0 Å². The standard InChI is InChI=1S/C23H22N2O5/c1-14-8-6-9-15(2)20(14)25-21(26)16(3)30-23(28)17-10-4-5-11-18(17)24-22(27)19-12-7-13-29-19/h4-13,16H,1-3H3,(H,24,27)(H,25,26)/t16-/m0/s1. The van der Waals surface area contributed by atoms with Gasteiger partial charge in [0.2, 0.25) is 0 Å². The zero-order valence-electron chi connectivity index (χ0n) is 16.9. The van der Waals surface area contributed by atoms with Crippen LogP contribution < -0.4 is 10.6 Å². The van der Waals surface area contributed by atoms with Crippen LogP contribution in [0, 0.1) is 13.8 Å². The second-order valence-corrected chi connectivity index (χ2v) is 6.78. The van der Waals surface area contributed by atoms with Gasteiger partial charge in [-0.05, 0) is 56.2 Å². The van der Waals surface area contributed by atoms with Crippen LogP contribution in [0.5, 0.6) is 0 Å². The molecule has 1 aromatic heterocycles. The van der Waals surface area contributed by atoms with Gasteiger partial charge in [0.1, 0.15) is 0 Å². The van der Waals surface area contributed by atoms with Gasteiger partial charge in [-0.3, -0.25) is 9.59 Å². The largest absolute Gasteiger partial charge is 0.459 e. The van der Waals surface area contributed by atoms with E-state index in [9.17, 15) is 14.4 Å². The van der Waals surface area contributed by atoms with Crippen LogP contribution in [0.1, 0.15) is 39.0 Å². The van der Waals surface area contributed by atoms with Crippen molar-refractivity contribution < 1.29 is 23.5 Å². The second-order valence-electron chi connectivity index (χ2n) is 6.78. The number of anilines is 2. The Hall–Kier alpha value is -3.87. The number of para-hydroxylation sites is 2. The van der Waals surface area contributed by atoms with Crippen molar-refractivity contribution in [3.8, 4) is 0 Å². The van der Waals surface area contributed by atoms with Crippen LogP contribution in [0.3, 0.4) is 0 Å². The first kappa shape index (κ1) is 20.9. The number of hydrogen-bond acceptors (Lipinski definition) is 5. The number of carbonyl (C=O) groups excluding carboxylic acids is 3. The molecule has 0 radical (unpaired) electrons. The smallest absolute Gasteiger partial charge is 0.341 e. The lowest BCUT2D eigenvalue weighted by atomic mass is 10.1. The molecule has 0 aliphatic carbocycles. The Morgan fingerprint density at radius 1 is 0.900 bits per heavy atom. The van der Waals surface area contributed by atoms with Gasteiger partial charge >= 0.3 is 5.97 Å². The molecule has 0 aliphatic heterocycles. The number of benzene rings is 2. The molecule has 3 rings (SSSR count). The van der Waals surface area contributed by atoms with Crippen molar-refractivity contribution in [2.24, 2.45) is 0 Å². The number of amides is 2. The molecule has 2 amide bonds. The van der Waals surface area contributed by atoms with E-state index in [4.69, 9.17) is 9.15 Å². The van der Waals surface area contributed by atoms with E-state index >= 15 is 0 Å². The fourth-order valence-corrected chi connectivity index (χ4v) is 2.88. The third kappa shape index (κ3) is 4.75. The molecular formula is C23H22N2O5. The summed E-state index contributed by atoms with van der Waals surface area (Å²) < 4.78 is 10.4. The summed E-state index contributed by atoms with van der Waals surface area (Å²) in [5.41, 5.74) is 2.90. The predicted octanol–water partition coefficient (Wildman–Crippen LogP) is 4.33. The minimum atomic E-state index is -1.04. The average molecular weight is 406 g/mol. The van der Waals surface area contributed by atoms with E-state index in [2.05, 4.69) is 10.6 Å². The molecule has 3 aromatic rings. The zero-order valence-corrected chi connectivity index (χ0v) is 16.9. The molecular weight excluding hydrogens is 384 g/mol. The molecule has 154 valence electrons. The number of ether oxygens (including phenoxy) is 1. The Bertz CT molecular complexity index is 1050. The molecule has 30 heavy (non-hydrogen) atoms. The fraction of sp³-hybridized carbons (Fsp3) is 0.174. The SMILES string of the molecule is Cc1cccc(C)c1NC(=O)[C@H](C)OC(=O)c1ccccc1NC(=O)c1ccco1. The third-order valence-electron chi connectivity index (χ3n) is 4.52. The zero-order chi connectivity index (χ0) is 21.7. The molecule has 2 aromatic carbocycles. The minimum Gasteiger partial charge on any atom is -0.459 e. The Kier molecular flexibility index (Phi) is 6.32. The van der Waals surface area contributed by atoms with Crippen LogP contribution in [0.15, 0.2) is 65.3 Å². The van der Waals surface area contributed by atoms with E-state index in [0.29, 0.717) is 5.69 Å². The van der Waals surface area contributed by atoms with E-state index in [-0.39, 0.29) is 17.0 Å². The van der Waals surface area contributed by atoms with Crippen molar-refractivity contribution in [2.75, 3.05) is 10.6 Å². The minimum absolute atomic E-state index is 0.111. The lowest BCUT2D eigenvalue weighted by Crippen LogP contribution is -2.30. The number of nitrogens with one attached hydrogen (secondary N) is 2. The van der Waals surface area contributed by atoms with Crippen molar-refractivity contribution in [3.05, 3.63) is 83.3 Å². The summed E-state index contributed by atoms with van der Waals surface area (Å²) in [6.45, 7) is 5.26. The van der Waals surface area contributed by atoms with Gasteiger partial charge < -0.3 is 19.8 Å². The lowest BCUT2D eigenvalue weighted by molar-refractivity contribution is -0.123. The first-order valence-electron chi connectivity index (χ1n) is 9.38. The summed E-state index contributed by atoms with van der Waals surface area (Å²) in [6, 6.07) is 15.2. The maximum atomic E-state index is 12.7. The van der Waals surface area contributed by atoms with Crippen LogP contribution in [0.4, 0.5) is 11.4 Å². The number of aryl methyl sites for hydroxylation is 2. The lowest BCUT2D eigenvalue weighted by Gasteiger charge is -2.17. The second kappa shape index (κ2) is 9.09. The summed E-state index contributed by atoms with van der Waals surface area (Å²) >= 11 is 0. The van der Waals surface area contributed by atoms with Crippen molar-refractivity contribution in [3.63, 3.8) is 0 Å². The highest BCUT2D eigenvalue weighted by molar-refractivity contribution is 6.07. The summed E-state index contributed by atoms with van der Waals surface area (Å²) in [6.07, 6.45) is 0.344. The average Bonchev–Trinajstić information content (AvgIpc) is 3.26. The molecule has 0 bridgehead atoms. The number of furan rings is 1.